The minimum absolute atomic E-state index is 0. The van der Waals surface area contributed by atoms with Crippen LogP contribution in [-0.2, 0) is 0 Å². The summed E-state index contributed by atoms with van der Waals surface area (Å²) in [6.45, 7) is 5.72. The number of aromatic hydroxyl groups is 1. The molecule has 0 bridgehead atoms. The largest absolute Gasteiger partial charge is 1.00 e. The maximum Gasteiger partial charge on any atom is 1.00 e. The average molecular weight is 360 g/mol. The van der Waals surface area contributed by atoms with Gasteiger partial charge in [0.2, 0.25) is 0 Å². The minimum atomic E-state index is -0.0110. The number of para-hydroxylation sites is 2. The first-order chi connectivity index (χ1) is 12.7. The molecule has 28 heavy (non-hydrogen) atoms. The monoisotopic (exact) mass is 360 g/mol. The number of phenols is 1. The van der Waals surface area contributed by atoms with Gasteiger partial charge in [-0.15, -0.1) is 0 Å². The van der Waals surface area contributed by atoms with E-state index in [4.69, 9.17) is 0 Å². The summed E-state index contributed by atoms with van der Waals surface area (Å²) in [7, 11) is 0. The molecule has 1 N–H and O–H groups in total. The van der Waals surface area contributed by atoms with Crippen molar-refractivity contribution in [2.75, 3.05) is 0 Å². The van der Waals surface area contributed by atoms with Crippen molar-refractivity contribution in [3.8, 4) is 11.5 Å². The van der Waals surface area contributed by atoms with E-state index >= 15 is 0 Å². The first-order valence-corrected chi connectivity index (χ1v) is 8.50. The molecule has 0 aliphatic rings. The Morgan fingerprint density at radius 2 is 1.29 bits per heavy atom. The van der Waals surface area contributed by atoms with Crippen LogP contribution >= 0.6 is 0 Å². The van der Waals surface area contributed by atoms with Gasteiger partial charge in [-0.1, -0.05) is 61.6 Å². The summed E-state index contributed by atoms with van der Waals surface area (Å²) in [6, 6.07) is 18.0. The van der Waals surface area contributed by atoms with Crippen LogP contribution in [0.15, 0.2) is 73.1 Å². The number of fused-ring (bicyclic) bond motifs is 2. The van der Waals surface area contributed by atoms with E-state index in [0.29, 0.717) is 11.0 Å². The summed E-state index contributed by atoms with van der Waals surface area (Å²) < 4.78 is 0. The van der Waals surface area contributed by atoms with Crippen molar-refractivity contribution in [3.05, 3.63) is 80.0 Å². The van der Waals surface area contributed by atoms with E-state index in [9.17, 15) is 10.2 Å². The molecule has 0 aliphatic heterocycles. The van der Waals surface area contributed by atoms with Gasteiger partial charge in [-0.2, -0.15) is 6.42 Å². The van der Waals surface area contributed by atoms with E-state index in [0.717, 1.165) is 17.2 Å². The van der Waals surface area contributed by atoms with Crippen molar-refractivity contribution in [1.29, 1.82) is 0 Å². The van der Waals surface area contributed by atoms with Crippen LogP contribution in [0.4, 0.5) is 0 Å². The molecule has 0 amide bonds. The fourth-order valence-electron chi connectivity index (χ4n) is 2.16. The van der Waals surface area contributed by atoms with Gasteiger partial charge in [0.05, 0.1) is 5.52 Å². The molecule has 4 rings (SSSR count). The Hall–Kier alpha value is -1.95. The quantitative estimate of drug-likeness (QED) is 0.345. The zero-order chi connectivity index (χ0) is 18.8. The molecule has 6 heteroatoms. The van der Waals surface area contributed by atoms with Crippen LogP contribution in [0.25, 0.3) is 21.8 Å². The van der Waals surface area contributed by atoms with Gasteiger partial charge >= 0.3 is 37.7 Å². The van der Waals surface area contributed by atoms with Crippen molar-refractivity contribution in [1.82, 2.24) is 9.97 Å². The van der Waals surface area contributed by atoms with Gasteiger partial charge in [-0.3, -0.25) is 9.97 Å². The number of aromatic nitrogens is 2. The Kier molecular flexibility index (Phi) is 13.1. The van der Waals surface area contributed by atoms with Gasteiger partial charge in [0, 0.05) is 17.8 Å². The van der Waals surface area contributed by atoms with Gasteiger partial charge in [0.1, 0.15) is 11.3 Å². The second kappa shape index (κ2) is 14.1. The molecule has 0 spiro atoms. The number of phenolic OH excluding ortho intramolecular Hbond substituents is 1. The van der Waals surface area contributed by atoms with Gasteiger partial charge < -0.3 is 17.1 Å². The molecule has 2 heterocycles. The summed E-state index contributed by atoms with van der Waals surface area (Å²) in [6.07, 6.45) is 5.58. The molecular formula is C22H22Li2N2O2. The predicted molar refractivity (Wildman–Crippen MR) is 105 cm³/mol. The maximum absolute atomic E-state index is 11.1. The second-order valence-electron chi connectivity index (χ2n) is 5.54. The van der Waals surface area contributed by atoms with Crippen LogP contribution in [0.5, 0.6) is 11.5 Å². The van der Waals surface area contributed by atoms with Crippen molar-refractivity contribution >= 4 is 21.8 Å². The number of rotatable bonds is 1. The zero-order valence-electron chi connectivity index (χ0n) is 16.8. The molecule has 4 nitrogen and oxygen atoms in total. The van der Waals surface area contributed by atoms with Crippen molar-refractivity contribution in [2.45, 2.75) is 19.8 Å². The Labute approximate surface area is 190 Å². The Balaban J connectivity index is 0.000000415. The SMILES string of the molecule is Oc1cccc2cccnc12.[CH2-]CCC.[Li+].[Li+].[O-]c1cccc2cccnc12. The molecule has 134 valence electrons. The molecule has 0 fully saturated rings. The van der Waals surface area contributed by atoms with Crippen LogP contribution in [0.1, 0.15) is 19.8 Å². The molecule has 2 aromatic carbocycles. The van der Waals surface area contributed by atoms with Crippen LogP contribution in [0.2, 0.25) is 0 Å². The van der Waals surface area contributed by atoms with E-state index in [1.165, 1.54) is 12.5 Å². The van der Waals surface area contributed by atoms with Crippen LogP contribution in [0.3, 0.4) is 0 Å². The molecule has 0 saturated heterocycles. The number of unbranched alkanes of at least 4 members (excludes halogenated alkanes) is 1. The standard InChI is InChI=1S/2C9H7NO.C4H9.2Li/c2*11-8-5-1-3-7-4-2-6-10-9(7)8;1-3-4-2;;/h2*1-6,11H;1,3-4H2,2H3;;/q;;-1;2*+1/p-1. The molecule has 0 aliphatic carbocycles. The second-order valence-corrected chi connectivity index (χ2v) is 5.54. The van der Waals surface area contributed by atoms with E-state index in [-0.39, 0.29) is 49.2 Å². The Morgan fingerprint density at radius 1 is 0.821 bits per heavy atom. The third-order valence-corrected chi connectivity index (χ3v) is 3.56. The zero-order valence-corrected chi connectivity index (χ0v) is 16.8. The summed E-state index contributed by atoms with van der Waals surface area (Å²) in [5.74, 6) is 0.228. The van der Waals surface area contributed by atoms with Crippen LogP contribution in [0, 0.1) is 6.92 Å². The first-order valence-electron chi connectivity index (χ1n) is 8.50. The normalized spacial score (nSPS) is 9.07. The number of benzene rings is 2. The fraction of sp³-hybridized carbons (Fsp3) is 0.136. The van der Waals surface area contributed by atoms with Crippen molar-refractivity contribution < 1.29 is 47.9 Å². The summed E-state index contributed by atoms with van der Waals surface area (Å²) in [5.41, 5.74) is 1.21. The molecule has 0 saturated carbocycles. The van der Waals surface area contributed by atoms with Crippen LogP contribution in [-0.4, -0.2) is 15.1 Å². The predicted octanol–water partition coefficient (Wildman–Crippen LogP) is -1.12. The van der Waals surface area contributed by atoms with Gasteiger partial charge in [0.15, 0.2) is 0 Å². The topological polar surface area (TPSA) is 69.1 Å². The number of hydrogen-bond acceptors (Lipinski definition) is 4. The van der Waals surface area contributed by atoms with E-state index in [2.05, 4.69) is 23.8 Å². The van der Waals surface area contributed by atoms with E-state index in [1.807, 2.05) is 36.4 Å². The van der Waals surface area contributed by atoms with Gasteiger partial charge in [0.25, 0.3) is 0 Å². The van der Waals surface area contributed by atoms with Crippen molar-refractivity contribution in [3.63, 3.8) is 0 Å². The van der Waals surface area contributed by atoms with Crippen molar-refractivity contribution in [2.24, 2.45) is 0 Å². The third kappa shape index (κ3) is 7.59. The molecular weight excluding hydrogens is 338 g/mol. The minimum Gasteiger partial charge on any atom is -0.871 e. The number of nitrogens with zero attached hydrogens (tertiary/aromatic N) is 2. The van der Waals surface area contributed by atoms with Gasteiger partial charge in [-0.25, -0.2) is 0 Å². The molecule has 2 aromatic heterocycles. The Bertz CT molecular complexity index is 875. The number of pyridine rings is 2. The van der Waals surface area contributed by atoms with E-state index in [1.54, 1.807) is 30.6 Å². The first kappa shape index (κ1) is 26.1. The Morgan fingerprint density at radius 3 is 1.79 bits per heavy atom. The molecule has 4 aromatic rings. The smallest absolute Gasteiger partial charge is 0.871 e. The van der Waals surface area contributed by atoms with Gasteiger partial charge in [-0.05, 0) is 23.6 Å². The summed E-state index contributed by atoms with van der Waals surface area (Å²) in [4.78, 5) is 8.00. The summed E-state index contributed by atoms with van der Waals surface area (Å²) >= 11 is 0. The summed E-state index contributed by atoms with van der Waals surface area (Å²) in [5, 5.41) is 22.3. The number of hydrogen-bond donors (Lipinski definition) is 1. The van der Waals surface area contributed by atoms with E-state index < -0.39 is 0 Å². The third-order valence-electron chi connectivity index (χ3n) is 3.56. The average Bonchev–Trinajstić information content (AvgIpc) is 2.70. The van der Waals surface area contributed by atoms with Crippen LogP contribution < -0.4 is 42.8 Å². The molecule has 0 atom stereocenters. The molecule has 0 unspecified atom stereocenters. The fourth-order valence-corrected chi connectivity index (χ4v) is 2.16. The molecule has 0 radical (unpaired) electrons. The maximum atomic E-state index is 11.1.